The Labute approximate surface area is 312 Å². The van der Waals surface area contributed by atoms with Gasteiger partial charge in [-0.05, 0) is 88.4 Å². The van der Waals surface area contributed by atoms with Gasteiger partial charge in [-0.2, -0.15) is 0 Å². The van der Waals surface area contributed by atoms with Crippen LogP contribution in [0, 0.1) is 22.7 Å². The summed E-state index contributed by atoms with van der Waals surface area (Å²) in [7, 11) is -3.61. The van der Waals surface area contributed by atoms with E-state index in [-0.39, 0.29) is 35.0 Å². The zero-order valence-corrected chi connectivity index (χ0v) is 34.1. The van der Waals surface area contributed by atoms with E-state index in [9.17, 15) is 32.4 Å². The summed E-state index contributed by atoms with van der Waals surface area (Å²) in [5.74, 6) is -2.43. The first kappa shape index (κ1) is 42.0. The molecule has 296 valence electrons. The van der Waals surface area contributed by atoms with Gasteiger partial charge in [0.1, 0.15) is 12.1 Å². The van der Waals surface area contributed by atoms with Crippen molar-refractivity contribution in [3.63, 3.8) is 0 Å². The quantitative estimate of drug-likeness (QED) is 0.155. The average Bonchev–Trinajstić information content (AvgIpc) is 3.89. The van der Waals surface area contributed by atoms with Crippen molar-refractivity contribution in [3.8, 4) is 0 Å². The third-order valence-corrected chi connectivity index (χ3v) is 15.4. The summed E-state index contributed by atoms with van der Waals surface area (Å²) in [6, 6.07) is -3.40. The summed E-state index contributed by atoms with van der Waals surface area (Å²) >= 11 is 0. The van der Waals surface area contributed by atoms with E-state index in [2.05, 4.69) is 35.1 Å². The number of amides is 5. The topological polar surface area (TPSA) is 171 Å². The van der Waals surface area contributed by atoms with Crippen LogP contribution in [-0.2, 0) is 29.0 Å². The van der Waals surface area contributed by atoms with E-state index in [0.29, 0.717) is 57.9 Å². The summed E-state index contributed by atoms with van der Waals surface area (Å²) in [6.45, 7) is 17.4. The normalized spacial score (nSPS) is 24.9. The van der Waals surface area contributed by atoms with Gasteiger partial charge in [0.15, 0.2) is 9.84 Å². The van der Waals surface area contributed by atoms with Crippen LogP contribution in [0.5, 0.6) is 0 Å². The fourth-order valence-electron chi connectivity index (χ4n) is 8.99. The van der Waals surface area contributed by atoms with E-state index in [1.54, 1.807) is 25.7 Å². The first-order valence-electron chi connectivity index (χ1n) is 19.9. The van der Waals surface area contributed by atoms with E-state index in [0.717, 1.165) is 32.1 Å². The van der Waals surface area contributed by atoms with Gasteiger partial charge >= 0.3 is 6.03 Å². The molecule has 3 saturated carbocycles. The number of nitrogens with zero attached hydrogens (tertiary/aromatic N) is 1. The van der Waals surface area contributed by atoms with Gasteiger partial charge in [-0.25, -0.2) is 13.2 Å². The Hall–Kier alpha value is -2.70. The van der Waals surface area contributed by atoms with Gasteiger partial charge in [-0.3, -0.25) is 19.2 Å². The van der Waals surface area contributed by atoms with Crippen molar-refractivity contribution >= 4 is 39.4 Å². The molecule has 1 heterocycles. The molecule has 4 rings (SSSR count). The molecule has 4 fully saturated rings. The number of likely N-dealkylation sites (tertiary alicyclic amines) is 1. The molecule has 1 unspecified atom stereocenters. The first-order valence-corrected chi connectivity index (χ1v) is 21.6. The van der Waals surface area contributed by atoms with E-state index < -0.39 is 67.3 Å². The number of sulfone groups is 1. The molecule has 0 spiro atoms. The number of nitrogens with one attached hydrogen (secondary N) is 4. The Morgan fingerprint density at radius 3 is 1.98 bits per heavy atom. The summed E-state index contributed by atoms with van der Waals surface area (Å²) in [4.78, 5) is 70.8. The summed E-state index contributed by atoms with van der Waals surface area (Å²) in [5, 5.41) is 11.7. The minimum Gasteiger partial charge on any atom is -0.347 e. The molecule has 0 bridgehead atoms. The van der Waals surface area contributed by atoms with Crippen molar-refractivity contribution in [1.29, 1.82) is 0 Å². The van der Waals surface area contributed by atoms with Crippen LogP contribution in [0.2, 0.25) is 0 Å². The average molecular weight is 750 g/mol. The molecule has 0 aromatic heterocycles. The van der Waals surface area contributed by atoms with Crippen LogP contribution in [0.15, 0.2) is 0 Å². The lowest BCUT2D eigenvalue weighted by molar-refractivity contribution is -0.146. The highest BCUT2D eigenvalue weighted by molar-refractivity contribution is 7.92. The van der Waals surface area contributed by atoms with Crippen molar-refractivity contribution in [2.75, 3.05) is 12.3 Å². The lowest BCUT2D eigenvalue weighted by Crippen LogP contribution is -2.64. The lowest BCUT2D eigenvalue weighted by atomic mass is 9.70. The highest BCUT2D eigenvalue weighted by atomic mass is 32.2. The number of urea groups is 1. The second-order valence-corrected chi connectivity index (χ2v) is 21.0. The Bertz CT molecular complexity index is 1450. The third-order valence-electron chi connectivity index (χ3n) is 12.6. The number of Topliss-reactive ketones (excluding diaryl/α,β-unsaturated/α-hetero) is 1. The zero-order chi connectivity index (χ0) is 38.9. The van der Waals surface area contributed by atoms with Gasteiger partial charge in [0, 0.05) is 12.6 Å². The predicted octanol–water partition coefficient (Wildman–Crippen LogP) is 4.79. The fourth-order valence-corrected chi connectivity index (χ4v) is 10.5. The molecule has 4 aliphatic rings. The highest BCUT2D eigenvalue weighted by Gasteiger charge is 2.70. The van der Waals surface area contributed by atoms with E-state index >= 15 is 0 Å². The smallest absolute Gasteiger partial charge is 0.315 e. The molecule has 13 heteroatoms. The number of carbonyl (C=O) groups excluding carboxylic acids is 5. The lowest BCUT2D eigenvalue weighted by Gasteiger charge is -2.44. The van der Waals surface area contributed by atoms with E-state index in [1.807, 2.05) is 27.7 Å². The second kappa shape index (κ2) is 16.0. The maximum absolute atomic E-state index is 14.9. The molecule has 0 aromatic carbocycles. The van der Waals surface area contributed by atoms with E-state index in [4.69, 9.17) is 0 Å². The third kappa shape index (κ3) is 9.14. The van der Waals surface area contributed by atoms with Gasteiger partial charge < -0.3 is 26.2 Å². The second-order valence-electron chi connectivity index (χ2n) is 18.2. The fraction of sp³-hybridized carbons (Fsp3) is 0.872. The number of hydrogen-bond acceptors (Lipinski definition) is 7. The molecule has 4 N–H and O–H groups in total. The molecular weight excluding hydrogens is 683 g/mol. The van der Waals surface area contributed by atoms with Gasteiger partial charge in [-0.15, -0.1) is 0 Å². The van der Waals surface area contributed by atoms with Crippen molar-refractivity contribution in [2.45, 2.75) is 180 Å². The molecule has 0 radical (unpaired) electrons. The van der Waals surface area contributed by atoms with Crippen LogP contribution < -0.4 is 21.3 Å². The van der Waals surface area contributed by atoms with Crippen molar-refractivity contribution in [2.24, 2.45) is 22.7 Å². The predicted molar refractivity (Wildman–Crippen MR) is 202 cm³/mol. The minimum atomic E-state index is -3.61. The number of ketones is 1. The Morgan fingerprint density at radius 2 is 1.46 bits per heavy atom. The monoisotopic (exact) mass is 749 g/mol. The maximum atomic E-state index is 14.9. The molecule has 1 saturated heterocycles. The van der Waals surface area contributed by atoms with Gasteiger partial charge in [0.05, 0.1) is 22.1 Å². The zero-order valence-electron chi connectivity index (χ0n) is 33.3. The van der Waals surface area contributed by atoms with Crippen LogP contribution in [0.3, 0.4) is 0 Å². The molecule has 5 atom stereocenters. The van der Waals surface area contributed by atoms with Crippen LogP contribution in [0.4, 0.5) is 4.79 Å². The number of fused-ring (bicyclic) bond motifs is 1. The standard InChI is InChI=1S/C39H67N5O7S/c1-10-16-27(30(45)33(47)40-25-17-18-25)41-32(46)29-28-26(37(28,7)8)23-44(29)34(48)31(38(9)21-14-13-15-22-38)42-35(49)43-39(19-11-2,20-12-3)24-52(50,51)36(4,5)6/h25-29,31H,10-24H2,1-9H3,(H,40,47)(H,41,46)(H2,42,43,49)/t26-,27?,28-,29-,31+/m0/s1. The van der Waals surface area contributed by atoms with Crippen LogP contribution >= 0.6 is 0 Å². The molecule has 52 heavy (non-hydrogen) atoms. The van der Waals surface area contributed by atoms with Crippen LogP contribution in [0.25, 0.3) is 0 Å². The van der Waals surface area contributed by atoms with Gasteiger partial charge in [0.2, 0.25) is 17.6 Å². The van der Waals surface area contributed by atoms with Crippen molar-refractivity contribution in [1.82, 2.24) is 26.2 Å². The summed E-state index contributed by atoms with van der Waals surface area (Å²) in [6.07, 6.45) is 9.03. The van der Waals surface area contributed by atoms with Gasteiger partial charge in [0.25, 0.3) is 5.91 Å². The summed E-state index contributed by atoms with van der Waals surface area (Å²) < 4.78 is 26.0. The first-order chi connectivity index (χ1) is 24.2. The Kier molecular flexibility index (Phi) is 12.9. The molecule has 3 aliphatic carbocycles. The van der Waals surface area contributed by atoms with Crippen molar-refractivity contribution in [3.05, 3.63) is 0 Å². The molecular formula is C39H67N5O7S. The highest BCUT2D eigenvalue weighted by Crippen LogP contribution is 2.65. The minimum absolute atomic E-state index is 0.00479. The number of carbonyl (C=O) groups is 5. The largest absolute Gasteiger partial charge is 0.347 e. The number of rotatable bonds is 17. The number of hydrogen-bond donors (Lipinski definition) is 4. The molecule has 0 aromatic rings. The SMILES string of the molecule is CCCC(NC(=O)[C@@H]1[C@@H]2[C@H](CN1C(=O)[C@@H](NC(=O)NC(CCC)(CCC)CS(=O)(=O)C(C)(C)C)C1(C)CCCCC1)C2(C)C)C(=O)C(=O)NC1CC1. The molecule has 1 aliphatic heterocycles. The molecule has 5 amide bonds. The van der Waals surface area contributed by atoms with Gasteiger partial charge in [-0.1, -0.05) is 80.1 Å². The van der Waals surface area contributed by atoms with Crippen LogP contribution in [-0.4, -0.2) is 89.6 Å². The van der Waals surface area contributed by atoms with Crippen molar-refractivity contribution < 1.29 is 32.4 Å². The molecule has 12 nitrogen and oxygen atoms in total. The van der Waals surface area contributed by atoms with E-state index in [1.165, 1.54) is 0 Å². The van der Waals surface area contributed by atoms with Crippen LogP contribution in [0.1, 0.15) is 146 Å². The number of piperidine rings is 1. The maximum Gasteiger partial charge on any atom is 0.315 e. The Morgan fingerprint density at radius 1 is 0.865 bits per heavy atom. The summed E-state index contributed by atoms with van der Waals surface area (Å²) in [5.41, 5.74) is -1.80. The Balaban J connectivity index is 1.62.